The Labute approximate surface area is 135 Å². The first-order valence-electron chi connectivity index (χ1n) is 8.43. The highest BCUT2D eigenvalue weighted by Crippen LogP contribution is 2.21. The van der Waals surface area contributed by atoms with E-state index in [2.05, 4.69) is 4.90 Å². The van der Waals surface area contributed by atoms with Crippen molar-refractivity contribution >= 4 is 6.09 Å². The Morgan fingerprint density at radius 2 is 1.77 bits per heavy atom. The van der Waals surface area contributed by atoms with Crippen LogP contribution in [-0.4, -0.2) is 64.9 Å². The zero-order chi connectivity index (χ0) is 17.0. The maximum atomic E-state index is 12.2. The van der Waals surface area contributed by atoms with Gasteiger partial charge in [-0.25, -0.2) is 4.79 Å². The van der Waals surface area contributed by atoms with E-state index in [4.69, 9.17) is 4.74 Å². The average molecular weight is 314 g/mol. The van der Waals surface area contributed by atoms with Crippen molar-refractivity contribution in [2.45, 2.75) is 65.6 Å². The Balaban J connectivity index is 2.42. The van der Waals surface area contributed by atoms with Crippen molar-refractivity contribution in [1.82, 2.24) is 9.80 Å². The summed E-state index contributed by atoms with van der Waals surface area (Å²) in [5.41, 5.74) is -1.08. The van der Waals surface area contributed by atoms with E-state index < -0.39 is 11.2 Å². The van der Waals surface area contributed by atoms with Gasteiger partial charge in [0.2, 0.25) is 0 Å². The highest BCUT2D eigenvalue weighted by molar-refractivity contribution is 5.68. The predicted octanol–water partition coefficient (Wildman–Crippen LogP) is 2.73. The van der Waals surface area contributed by atoms with Crippen LogP contribution < -0.4 is 0 Å². The fourth-order valence-electron chi connectivity index (χ4n) is 2.85. The van der Waals surface area contributed by atoms with E-state index >= 15 is 0 Å². The molecule has 1 rings (SSSR count). The summed E-state index contributed by atoms with van der Waals surface area (Å²) < 4.78 is 5.46. The molecule has 0 aromatic heterocycles. The van der Waals surface area contributed by atoms with Crippen molar-refractivity contribution < 1.29 is 14.6 Å². The predicted molar refractivity (Wildman–Crippen MR) is 88.9 cm³/mol. The van der Waals surface area contributed by atoms with Crippen molar-refractivity contribution in [3.8, 4) is 0 Å². The summed E-state index contributed by atoms with van der Waals surface area (Å²) in [5, 5.41) is 9.89. The van der Waals surface area contributed by atoms with Crippen LogP contribution in [0.1, 0.15) is 54.4 Å². The number of ether oxygens (including phenoxy) is 1. The molecule has 0 unspecified atom stereocenters. The van der Waals surface area contributed by atoms with Crippen molar-refractivity contribution in [2.24, 2.45) is 5.92 Å². The molecule has 1 fully saturated rings. The Hall–Kier alpha value is -0.810. The van der Waals surface area contributed by atoms with Crippen molar-refractivity contribution in [3.05, 3.63) is 0 Å². The number of β-amino-alcohol motifs (C(OH)–C–C–N with tert-alkyl or cyclic N) is 1. The molecule has 0 aliphatic carbocycles. The van der Waals surface area contributed by atoms with Crippen LogP contribution in [0.3, 0.4) is 0 Å². The van der Waals surface area contributed by atoms with Crippen molar-refractivity contribution in [3.63, 3.8) is 0 Å². The van der Waals surface area contributed by atoms with Crippen LogP contribution in [0.2, 0.25) is 0 Å². The number of carbonyl (C=O) groups is 1. The number of piperidine rings is 1. The Morgan fingerprint density at radius 3 is 2.18 bits per heavy atom. The Morgan fingerprint density at radius 1 is 1.23 bits per heavy atom. The van der Waals surface area contributed by atoms with Gasteiger partial charge in [-0.05, 0) is 73.4 Å². The Bertz CT molecular complexity index is 350. The Kier molecular flexibility index (Phi) is 6.68. The fraction of sp³-hybridized carbons (Fsp3) is 0.941. The number of rotatable bonds is 5. The molecule has 0 aromatic rings. The molecule has 0 saturated carbocycles. The van der Waals surface area contributed by atoms with E-state index in [1.54, 1.807) is 0 Å². The molecule has 0 spiro atoms. The second-order valence-corrected chi connectivity index (χ2v) is 8.05. The van der Waals surface area contributed by atoms with E-state index in [1.165, 1.54) is 0 Å². The maximum Gasteiger partial charge on any atom is 0.410 e. The molecule has 5 heteroatoms. The van der Waals surface area contributed by atoms with Gasteiger partial charge in [0, 0.05) is 19.6 Å². The van der Waals surface area contributed by atoms with E-state index in [1.807, 2.05) is 46.4 Å². The number of amides is 1. The molecule has 0 bridgehead atoms. The summed E-state index contributed by atoms with van der Waals surface area (Å²) in [4.78, 5) is 16.3. The SMILES string of the molecule is CCN(CC1CCN(CC(C)(C)O)CC1)C(=O)OC(C)(C)C. The number of aliphatic hydroxyl groups is 1. The third-order valence-corrected chi connectivity index (χ3v) is 3.83. The summed E-state index contributed by atoms with van der Waals surface area (Å²) in [6.45, 7) is 15.5. The van der Waals surface area contributed by atoms with E-state index in [0.29, 0.717) is 19.0 Å². The summed E-state index contributed by atoms with van der Waals surface area (Å²) in [5.74, 6) is 0.519. The van der Waals surface area contributed by atoms with E-state index in [0.717, 1.165) is 32.5 Å². The number of likely N-dealkylation sites (tertiary alicyclic amines) is 1. The van der Waals surface area contributed by atoms with Gasteiger partial charge in [-0.2, -0.15) is 0 Å². The number of carbonyl (C=O) groups excluding carboxylic acids is 1. The molecule has 1 aliphatic rings. The van der Waals surface area contributed by atoms with Crippen LogP contribution in [0.4, 0.5) is 4.79 Å². The maximum absolute atomic E-state index is 12.2. The molecule has 1 saturated heterocycles. The van der Waals surface area contributed by atoms with Gasteiger partial charge in [-0.15, -0.1) is 0 Å². The third-order valence-electron chi connectivity index (χ3n) is 3.83. The zero-order valence-electron chi connectivity index (χ0n) is 15.2. The van der Waals surface area contributed by atoms with Crippen LogP contribution >= 0.6 is 0 Å². The standard InChI is InChI=1S/C17H34N2O3/c1-7-19(15(20)22-16(2,3)4)12-14-8-10-18(11-9-14)13-17(5,6)21/h14,21H,7-13H2,1-6H3. The van der Waals surface area contributed by atoms with Gasteiger partial charge in [-0.3, -0.25) is 0 Å². The van der Waals surface area contributed by atoms with Gasteiger partial charge in [0.1, 0.15) is 5.60 Å². The fourth-order valence-corrected chi connectivity index (χ4v) is 2.85. The monoisotopic (exact) mass is 314 g/mol. The molecule has 0 atom stereocenters. The van der Waals surface area contributed by atoms with Crippen LogP contribution in [0, 0.1) is 5.92 Å². The normalized spacial score (nSPS) is 18.3. The molecule has 5 nitrogen and oxygen atoms in total. The average Bonchev–Trinajstić information content (AvgIpc) is 2.33. The molecule has 1 heterocycles. The molecule has 22 heavy (non-hydrogen) atoms. The van der Waals surface area contributed by atoms with Crippen LogP contribution in [0.25, 0.3) is 0 Å². The highest BCUT2D eigenvalue weighted by atomic mass is 16.6. The van der Waals surface area contributed by atoms with Gasteiger partial charge in [0.25, 0.3) is 0 Å². The molecular weight excluding hydrogens is 280 g/mol. The second kappa shape index (κ2) is 7.64. The summed E-state index contributed by atoms with van der Waals surface area (Å²) in [7, 11) is 0. The molecular formula is C17H34N2O3. The van der Waals surface area contributed by atoms with Gasteiger partial charge in [0.15, 0.2) is 0 Å². The third kappa shape index (κ3) is 7.45. The lowest BCUT2D eigenvalue weighted by atomic mass is 9.95. The lowest BCUT2D eigenvalue weighted by Gasteiger charge is -2.37. The van der Waals surface area contributed by atoms with Gasteiger partial charge < -0.3 is 19.6 Å². The lowest BCUT2D eigenvalue weighted by Crippen LogP contribution is -2.45. The minimum absolute atomic E-state index is 0.214. The smallest absolute Gasteiger partial charge is 0.410 e. The van der Waals surface area contributed by atoms with Crippen LogP contribution in [0.15, 0.2) is 0 Å². The van der Waals surface area contributed by atoms with E-state index in [9.17, 15) is 9.90 Å². The minimum atomic E-state index is -0.640. The lowest BCUT2D eigenvalue weighted by molar-refractivity contribution is 0.0124. The van der Waals surface area contributed by atoms with E-state index in [-0.39, 0.29) is 6.09 Å². The molecule has 1 N–H and O–H groups in total. The number of hydrogen-bond acceptors (Lipinski definition) is 4. The molecule has 130 valence electrons. The largest absolute Gasteiger partial charge is 0.444 e. The molecule has 1 aliphatic heterocycles. The van der Waals surface area contributed by atoms with Crippen LogP contribution in [-0.2, 0) is 4.74 Å². The molecule has 0 aromatic carbocycles. The van der Waals surface area contributed by atoms with Crippen molar-refractivity contribution in [1.29, 1.82) is 0 Å². The topological polar surface area (TPSA) is 53.0 Å². The second-order valence-electron chi connectivity index (χ2n) is 8.05. The van der Waals surface area contributed by atoms with Crippen LogP contribution in [0.5, 0.6) is 0 Å². The molecule has 1 amide bonds. The minimum Gasteiger partial charge on any atom is -0.444 e. The number of nitrogens with zero attached hydrogens (tertiary/aromatic N) is 2. The van der Waals surface area contributed by atoms with Gasteiger partial charge in [0.05, 0.1) is 5.60 Å². The summed E-state index contributed by atoms with van der Waals surface area (Å²) in [6.07, 6.45) is 1.92. The first kappa shape index (κ1) is 19.2. The summed E-state index contributed by atoms with van der Waals surface area (Å²) in [6, 6.07) is 0. The quantitative estimate of drug-likeness (QED) is 0.848. The first-order chi connectivity index (χ1) is 10.00. The van der Waals surface area contributed by atoms with Gasteiger partial charge in [-0.1, -0.05) is 0 Å². The molecule has 0 radical (unpaired) electrons. The highest BCUT2D eigenvalue weighted by Gasteiger charge is 2.27. The number of hydrogen-bond donors (Lipinski definition) is 1. The van der Waals surface area contributed by atoms with Crippen molar-refractivity contribution in [2.75, 3.05) is 32.7 Å². The zero-order valence-corrected chi connectivity index (χ0v) is 15.2. The van der Waals surface area contributed by atoms with Gasteiger partial charge >= 0.3 is 6.09 Å². The summed E-state index contributed by atoms with van der Waals surface area (Å²) >= 11 is 0. The first-order valence-corrected chi connectivity index (χ1v) is 8.43.